The van der Waals surface area contributed by atoms with Gasteiger partial charge in [0.25, 0.3) is 0 Å². The molecule has 0 aromatic heterocycles. The Balaban J connectivity index is 1.66. The molecular formula is C29H36O7. The van der Waals surface area contributed by atoms with Crippen molar-refractivity contribution in [2.45, 2.75) is 78.3 Å². The number of carbonyl (C=O) groups excluding carboxylic acids is 2. The molecule has 2 aromatic carbocycles. The van der Waals surface area contributed by atoms with E-state index in [1.165, 1.54) is 25.0 Å². The van der Waals surface area contributed by atoms with Gasteiger partial charge >= 0.3 is 11.9 Å². The Morgan fingerprint density at radius 1 is 0.889 bits per heavy atom. The van der Waals surface area contributed by atoms with E-state index in [9.17, 15) is 9.59 Å². The van der Waals surface area contributed by atoms with Gasteiger partial charge in [-0.25, -0.2) is 0 Å². The highest BCUT2D eigenvalue weighted by Gasteiger charge is 2.47. The molecule has 0 aliphatic carbocycles. The van der Waals surface area contributed by atoms with Crippen molar-refractivity contribution in [3.8, 4) is 11.5 Å². The molecule has 2 aromatic rings. The first-order valence-electron chi connectivity index (χ1n) is 12.8. The summed E-state index contributed by atoms with van der Waals surface area (Å²) in [5, 5.41) is 0. The number of benzene rings is 2. The topological polar surface area (TPSA) is 80.3 Å². The highest BCUT2D eigenvalue weighted by Crippen LogP contribution is 2.41. The van der Waals surface area contributed by atoms with E-state index in [0.29, 0.717) is 19.6 Å². The number of fused-ring (bicyclic) bond motifs is 1. The van der Waals surface area contributed by atoms with Crippen molar-refractivity contribution in [1.29, 1.82) is 0 Å². The second-order valence-electron chi connectivity index (χ2n) is 9.55. The molecule has 1 unspecified atom stereocenters. The lowest BCUT2D eigenvalue weighted by Crippen LogP contribution is -2.52. The highest BCUT2D eigenvalue weighted by molar-refractivity contribution is 5.67. The minimum absolute atomic E-state index is 0.228. The van der Waals surface area contributed by atoms with Crippen molar-refractivity contribution in [2.24, 2.45) is 5.92 Å². The highest BCUT2D eigenvalue weighted by atomic mass is 16.6. The number of rotatable bonds is 7. The van der Waals surface area contributed by atoms with Gasteiger partial charge in [0.1, 0.15) is 31.5 Å². The Bertz CT molecular complexity index is 1100. The zero-order valence-corrected chi connectivity index (χ0v) is 21.7. The van der Waals surface area contributed by atoms with E-state index in [0.717, 1.165) is 35.5 Å². The molecule has 36 heavy (non-hydrogen) atoms. The minimum Gasteiger partial charge on any atom is -0.486 e. The summed E-state index contributed by atoms with van der Waals surface area (Å²) < 4.78 is 29.3. The van der Waals surface area contributed by atoms with E-state index in [1.807, 2.05) is 26.0 Å². The van der Waals surface area contributed by atoms with Gasteiger partial charge in [-0.2, -0.15) is 0 Å². The van der Waals surface area contributed by atoms with Gasteiger partial charge in [-0.15, -0.1) is 0 Å². The van der Waals surface area contributed by atoms with Crippen molar-refractivity contribution >= 4 is 11.9 Å². The molecule has 1 saturated heterocycles. The van der Waals surface area contributed by atoms with E-state index in [4.69, 9.17) is 23.7 Å². The quantitative estimate of drug-likeness (QED) is 0.501. The first kappa shape index (κ1) is 26.0. The zero-order valence-electron chi connectivity index (χ0n) is 21.7. The molecule has 0 spiro atoms. The van der Waals surface area contributed by atoms with Crippen LogP contribution >= 0.6 is 0 Å². The molecule has 7 nitrogen and oxygen atoms in total. The van der Waals surface area contributed by atoms with E-state index >= 15 is 0 Å². The van der Waals surface area contributed by atoms with Crippen LogP contribution in [0.15, 0.2) is 36.4 Å². The largest absolute Gasteiger partial charge is 0.486 e. The predicted octanol–water partition coefficient (Wildman–Crippen LogP) is 4.96. The molecule has 0 radical (unpaired) electrons. The molecular weight excluding hydrogens is 460 g/mol. The summed E-state index contributed by atoms with van der Waals surface area (Å²) in [6.07, 6.45) is 0.453. The Kier molecular flexibility index (Phi) is 8.19. The minimum atomic E-state index is -0.579. The summed E-state index contributed by atoms with van der Waals surface area (Å²) >= 11 is 0. The van der Waals surface area contributed by atoms with Crippen LogP contribution in [0.4, 0.5) is 0 Å². The van der Waals surface area contributed by atoms with Gasteiger partial charge in [0.15, 0.2) is 11.5 Å². The first-order chi connectivity index (χ1) is 17.3. The third-order valence-corrected chi connectivity index (χ3v) is 6.97. The molecule has 4 rings (SSSR count). The second-order valence-corrected chi connectivity index (χ2v) is 9.55. The Morgan fingerprint density at radius 3 is 2.25 bits per heavy atom. The predicted molar refractivity (Wildman–Crippen MR) is 134 cm³/mol. The van der Waals surface area contributed by atoms with Crippen LogP contribution in [0.25, 0.3) is 0 Å². The number of carbonyl (C=O) groups is 2. The van der Waals surface area contributed by atoms with E-state index in [-0.39, 0.29) is 18.0 Å². The summed E-state index contributed by atoms with van der Waals surface area (Å²) in [5.74, 6) is 0.557. The van der Waals surface area contributed by atoms with Crippen LogP contribution in [0.1, 0.15) is 69.4 Å². The zero-order chi connectivity index (χ0) is 25.8. The fraction of sp³-hybridized carbons (Fsp3) is 0.517. The third kappa shape index (κ3) is 5.67. The van der Waals surface area contributed by atoms with Crippen LogP contribution < -0.4 is 9.47 Å². The number of hydrogen-bond acceptors (Lipinski definition) is 7. The maximum Gasteiger partial charge on any atom is 0.303 e. The molecule has 194 valence electrons. The summed E-state index contributed by atoms with van der Waals surface area (Å²) in [6, 6.07) is 12.4. The van der Waals surface area contributed by atoms with Crippen molar-refractivity contribution in [3.63, 3.8) is 0 Å². The fourth-order valence-electron chi connectivity index (χ4n) is 5.23. The van der Waals surface area contributed by atoms with Gasteiger partial charge in [-0.3, -0.25) is 9.59 Å². The normalized spacial score (nSPS) is 25.2. The number of esters is 2. The number of hydrogen-bond donors (Lipinski definition) is 0. The molecule has 0 N–H and O–H groups in total. The van der Waals surface area contributed by atoms with Crippen LogP contribution in [0.2, 0.25) is 0 Å². The molecule has 7 heteroatoms. The van der Waals surface area contributed by atoms with Crippen LogP contribution in [0, 0.1) is 5.92 Å². The number of ether oxygens (including phenoxy) is 5. The van der Waals surface area contributed by atoms with E-state index < -0.39 is 24.3 Å². The van der Waals surface area contributed by atoms with E-state index in [1.54, 1.807) is 0 Å². The average Bonchev–Trinajstić information content (AvgIpc) is 2.86. The smallest absolute Gasteiger partial charge is 0.303 e. The van der Waals surface area contributed by atoms with Gasteiger partial charge in [0, 0.05) is 19.8 Å². The standard InChI is InChI=1S/C29H36O7/c1-6-21-9-10-22(16-23(21)14-20-8-11-25-26(15-20)33-13-12-32-25)29-28(35-19(5)31)17(3)27(34-18(4)30)24(7-2)36-29/h8-11,15-17,24,27-29H,6-7,12-14H2,1-5H3/t17-,24+,27?,28+,29-/m0/s1. The Hall–Kier alpha value is -3.06. The van der Waals surface area contributed by atoms with Crippen LogP contribution in [-0.2, 0) is 36.6 Å². The Morgan fingerprint density at radius 2 is 1.58 bits per heavy atom. The maximum absolute atomic E-state index is 12.0. The lowest BCUT2D eigenvalue weighted by Gasteiger charge is -2.44. The Labute approximate surface area is 213 Å². The molecule has 2 aliphatic rings. The van der Waals surface area contributed by atoms with Crippen LogP contribution in [-0.4, -0.2) is 43.5 Å². The van der Waals surface area contributed by atoms with Gasteiger partial charge in [0.2, 0.25) is 0 Å². The van der Waals surface area contributed by atoms with Crippen molar-refractivity contribution < 1.29 is 33.3 Å². The molecule has 2 heterocycles. The molecule has 0 amide bonds. The van der Waals surface area contributed by atoms with Gasteiger partial charge in [-0.1, -0.05) is 45.0 Å². The van der Waals surface area contributed by atoms with Gasteiger partial charge < -0.3 is 23.7 Å². The van der Waals surface area contributed by atoms with Crippen molar-refractivity contribution in [2.75, 3.05) is 13.2 Å². The first-order valence-corrected chi connectivity index (χ1v) is 12.8. The summed E-state index contributed by atoms with van der Waals surface area (Å²) in [6.45, 7) is 9.99. The van der Waals surface area contributed by atoms with Gasteiger partial charge in [-0.05, 0) is 53.6 Å². The van der Waals surface area contributed by atoms with Crippen LogP contribution in [0.5, 0.6) is 11.5 Å². The molecule has 0 bridgehead atoms. The average molecular weight is 497 g/mol. The maximum atomic E-state index is 12.0. The summed E-state index contributed by atoms with van der Waals surface area (Å²) in [5.41, 5.74) is 4.49. The van der Waals surface area contributed by atoms with Crippen LogP contribution in [0.3, 0.4) is 0 Å². The lowest BCUT2D eigenvalue weighted by atomic mass is 9.83. The second kappa shape index (κ2) is 11.3. The molecule has 0 saturated carbocycles. The van der Waals surface area contributed by atoms with Gasteiger partial charge in [0.05, 0.1) is 6.10 Å². The molecule has 2 aliphatic heterocycles. The molecule has 1 fully saturated rings. The lowest BCUT2D eigenvalue weighted by molar-refractivity contribution is -0.223. The number of aryl methyl sites for hydroxylation is 1. The summed E-state index contributed by atoms with van der Waals surface area (Å²) in [7, 11) is 0. The van der Waals surface area contributed by atoms with Crippen molar-refractivity contribution in [3.05, 3.63) is 58.7 Å². The van der Waals surface area contributed by atoms with Crippen molar-refractivity contribution in [1.82, 2.24) is 0 Å². The molecule has 5 atom stereocenters. The summed E-state index contributed by atoms with van der Waals surface area (Å²) in [4.78, 5) is 23.8. The van der Waals surface area contributed by atoms with E-state index in [2.05, 4.69) is 31.2 Å². The fourth-order valence-corrected chi connectivity index (χ4v) is 5.23. The third-order valence-electron chi connectivity index (χ3n) is 6.97. The monoisotopic (exact) mass is 496 g/mol. The SMILES string of the molecule is CCc1ccc([C@@H]2O[C@H](CC)C(OC(C)=O)[C@H](C)[C@H]2OC(C)=O)cc1Cc1ccc2c(c1)OCCO2.